The first kappa shape index (κ1) is 21.9. The van der Waals surface area contributed by atoms with Crippen molar-refractivity contribution in [3.8, 4) is 0 Å². The summed E-state index contributed by atoms with van der Waals surface area (Å²) in [6.07, 6.45) is 14.9. The molecule has 0 aromatic rings. The van der Waals surface area contributed by atoms with Crippen molar-refractivity contribution in [2.24, 2.45) is 11.7 Å². The molecule has 0 spiro atoms. The van der Waals surface area contributed by atoms with E-state index in [9.17, 15) is 8.42 Å². The second kappa shape index (κ2) is 13.3. The lowest BCUT2D eigenvalue weighted by Gasteiger charge is -2.19. The van der Waals surface area contributed by atoms with Crippen molar-refractivity contribution < 1.29 is 13.0 Å². The molecule has 2 atom stereocenters. The minimum atomic E-state index is -4.00. The van der Waals surface area contributed by atoms with Crippen LogP contribution in [0.4, 0.5) is 0 Å². The number of nitrogens with two attached hydrogens (primary N) is 1. The summed E-state index contributed by atoms with van der Waals surface area (Å²) in [6.45, 7) is 4.10. The molecule has 4 nitrogen and oxygen atoms in total. The summed E-state index contributed by atoms with van der Waals surface area (Å²) in [5, 5.41) is -0.810. The summed E-state index contributed by atoms with van der Waals surface area (Å²) < 4.78 is 31.5. The topological polar surface area (TPSA) is 80.4 Å². The first-order valence-corrected chi connectivity index (χ1v) is 10.6. The van der Waals surface area contributed by atoms with Gasteiger partial charge in [-0.05, 0) is 12.3 Å². The molecular weight excluding hydrogens is 298 g/mol. The molecule has 3 N–H and O–H groups in total. The van der Waals surface area contributed by atoms with Gasteiger partial charge in [0.05, 0.1) is 0 Å². The SMILES string of the molecule is CCCCCCCCCCCCCC(C)C(CN)S(=O)(=O)O. The highest BCUT2D eigenvalue weighted by molar-refractivity contribution is 7.86. The van der Waals surface area contributed by atoms with Crippen LogP contribution in [0.3, 0.4) is 0 Å². The Kier molecular flexibility index (Phi) is 13.2. The van der Waals surface area contributed by atoms with Gasteiger partial charge < -0.3 is 5.73 Å². The molecule has 0 bridgehead atoms. The van der Waals surface area contributed by atoms with Crippen LogP contribution in [0.2, 0.25) is 0 Å². The molecule has 0 saturated carbocycles. The molecular formula is C17H37NO3S. The summed E-state index contributed by atoms with van der Waals surface area (Å²) >= 11 is 0. The van der Waals surface area contributed by atoms with Crippen LogP contribution in [0.5, 0.6) is 0 Å². The van der Waals surface area contributed by atoms with Gasteiger partial charge in [0, 0.05) is 6.54 Å². The molecule has 0 aromatic carbocycles. The Labute approximate surface area is 138 Å². The van der Waals surface area contributed by atoms with Crippen LogP contribution in [-0.2, 0) is 10.1 Å². The summed E-state index contributed by atoms with van der Waals surface area (Å²) in [6, 6.07) is 0. The van der Waals surface area contributed by atoms with Gasteiger partial charge in [-0.1, -0.05) is 84.5 Å². The van der Waals surface area contributed by atoms with E-state index in [0.29, 0.717) is 0 Å². The first-order valence-electron chi connectivity index (χ1n) is 9.09. The first-order chi connectivity index (χ1) is 10.4. The second-order valence-electron chi connectivity index (χ2n) is 6.59. The second-order valence-corrected chi connectivity index (χ2v) is 8.23. The van der Waals surface area contributed by atoms with Crippen LogP contribution in [0.1, 0.15) is 90.9 Å². The Morgan fingerprint density at radius 3 is 1.64 bits per heavy atom. The van der Waals surface area contributed by atoms with Crippen LogP contribution in [0, 0.1) is 5.92 Å². The Bertz CT molecular complexity index is 344. The zero-order valence-electron chi connectivity index (χ0n) is 14.6. The minimum Gasteiger partial charge on any atom is -0.329 e. The highest BCUT2D eigenvalue weighted by Crippen LogP contribution is 2.19. The van der Waals surface area contributed by atoms with E-state index in [1.807, 2.05) is 6.92 Å². The molecule has 0 radical (unpaired) electrons. The van der Waals surface area contributed by atoms with Gasteiger partial charge in [-0.3, -0.25) is 4.55 Å². The molecule has 5 heteroatoms. The van der Waals surface area contributed by atoms with Gasteiger partial charge in [-0.2, -0.15) is 8.42 Å². The highest BCUT2D eigenvalue weighted by atomic mass is 32.2. The van der Waals surface area contributed by atoms with Gasteiger partial charge in [-0.25, -0.2) is 0 Å². The van der Waals surface area contributed by atoms with Crippen molar-refractivity contribution in [1.29, 1.82) is 0 Å². The summed E-state index contributed by atoms with van der Waals surface area (Å²) in [7, 11) is -4.00. The monoisotopic (exact) mass is 335 g/mol. The normalized spacial score (nSPS) is 14.9. The molecule has 22 heavy (non-hydrogen) atoms. The maximum Gasteiger partial charge on any atom is 0.269 e. The smallest absolute Gasteiger partial charge is 0.269 e. The highest BCUT2D eigenvalue weighted by Gasteiger charge is 2.27. The molecule has 0 rings (SSSR count). The number of rotatable bonds is 15. The van der Waals surface area contributed by atoms with Gasteiger partial charge in [-0.15, -0.1) is 0 Å². The van der Waals surface area contributed by atoms with Gasteiger partial charge in [0.1, 0.15) is 5.25 Å². The van der Waals surface area contributed by atoms with E-state index in [1.165, 1.54) is 57.8 Å². The lowest BCUT2D eigenvalue weighted by atomic mass is 9.98. The van der Waals surface area contributed by atoms with Crippen molar-refractivity contribution in [2.75, 3.05) is 6.54 Å². The maximum absolute atomic E-state index is 11.2. The molecule has 0 aromatic heterocycles. The minimum absolute atomic E-state index is 0.00195. The molecule has 0 saturated heterocycles. The van der Waals surface area contributed by atoms with E-state index in [2.05, 4.69) is 6.92 Å². The van der Waals surface area contributed by atoms with E-state index in [4.69, 9.17) is 10.3 Å². The molecule has 0 aliphatic rings. The molecule has 0 heterocycles. The zero-order valence-corrected chi connectivity index (χ0v) is 15.4. The third-order valence-corrected chi connectivity index (χ3v) is 5.93. The van der Waals surface area contributed by atoms with Gasteiger partial charge >= 0.3 is 0 Å². The molecule has 0 aliphatic heterocycles. The van der Waals surface area contributed by atoms with Crippen LogP contribution in [0.15, 0.2) is 0 Å². The van der Waals surface area contributed by atoms with Crippen LogP contribution >= 0.6 is 0 Å². The summed E-state index contributed by atoms with van der Waals surface area (Å²) in [5.41, 5.74) is 5.45. The summed E-state index contributed by atoms with van der Waals surface area (Å²) in [5.74, 6) is -0.0708. The number of hydrogen-bond donors (Lipinski definition) is 2. The Balaban J connectivity index is 3.49. The van der Waals surface area contributed by atoms with Gasteiger partial charge in [0.15, 0.2) is 0 Å². The molecule has 0 amide bonds. The van der Waals surface area contributed by atoms with E-state index in [0.717, 1.165) is 19.3 Å². The van der Waals surface area contributed by atoms with E-state index < -0.39 is 15.4 Å². The Morgan fingerprint density at radius 2 is 1.27 bits per heavy atom. The lowest BCUT2D eigenvalue weighted by Crippen LogP contribution is -2.35. The standard InChI is InChI=1S/C17H37NO3S/c1-3-4-5-6-7-8-9-10-11-12-13-14-16(2)17(15-18)22(19,20)21/h16-17H,3-15,18H2,1-2H3,(H,19,20,21). The zero-order chi connectivity index (χ0) is 16.8. The van der Waals surface area contributed by atoms with Gasteiger partial charge in [0.25, 0.3) is 10.1 Å². The fraction of sp³-hybridized carbons (Fsp3) is 1.00. The van der Waals surface area contributed by atoms with Crippen molar-refractivity contribution >= 4 is 10.1 Å². The average molecular weight is 336 g/mol. The van der Waals surface area contributed by atoms with Crippen molar-refractivity contribution in [1.82, 2.24) is 0 Å². The third-order valence-electron chi connectivity index (χ3n) is 4.51. The molecule has 2 unspecified atom stereocenters. The molecule has 0 aliphatic carbocycles. The quantitative estimate of drug-likeness (QED) is 0.340. The number of unbranched alkanes of at least 4 members (excludes halogenated alkanes) is 10. The van der Waals surface area contributed by atoms with Gasteiger partial charge in [0.2, 0.25) is 0 Å². The fourth-order valence-corrected chi connectivity index (χ4v) is 3.93. The Hall–Kier alpha value is -0.130. The third kappa shape index (κ3) is 11.4. The lowest BCUT2D eigenvalue weighted by molar-refractivity contribution is 0.409. The molecule has 134 valence electrons. The molecule has 0 fully saturated rings. The fourth-order valence-electron chi connectivity index (χ4n) is 2.96. The predicted molar refractivity (Wildman–Crippen MR) is 94.6 cm³/mol. The van der Waals surface area contributed by atoms with E-state index in [1.54, 1.807) is 0 Å². The van der Waals surface area contributed by atoms with Crippen LogP contribution in [0.25, 0.3) is 0 Å². The van der Waals surface area contributed by atoms with Crippen molar-refractivity contribution in [2.45, 2.75) is 96.1 Å². The Morgan fingerprint density at radius 1 is 0.864 bits per heavy atom. The van der Waals surface area contributed by atoms with Crippen LogP contribution in [-0.4, -0.2) is 24.8 Å². The average Bonchev–Trinajstić information content (AvgIpc) is 2.44. The van der Waals surface area contributed by atoms with E-state index >= 15 is 0 Å². The van der Waals surface area contributed by atoms with E-state index in [-0.39, 0.29) is 12.5 Å². The number of hydrogen-bond acceptors (Lipinski definition) is 3. The van der Waals surface area contributed by atoms with Crippen molar-refractivity contribution in [3.63, 3.8) is 0 Å². The predicted octanol–water partition coefficient (Wildman–Crippen LogP) is 4.54. The summed E-state index contributed by atoms with van der Waals surface area (Å²) in [4.78, 5) is 0. The van der Waals surface area contributed by atoms with Crippen LogP contribution < -0.4 is 5.73 Å². The maximum atomic E-state index is 11.2. The van der Waals surface area contributed by atoms with Crippen molar-refractivity contribution in [3.05, 3.63) is 0 Å². The largest absolute Gasteiger partial charge is 0.329 e.